The molecule has 0 N–H and O–H groups in total. The normalized spacial score (nSPS) is 13.9. The number of hydrogen-bond donors (Lipinski definition) is 0. The van der Waals surface area contributed by atoms with E-state index in [1.54, 1.807) is 35.2 Å². The number of carbonyl (C=O) groups is 2. The molecule has 0 radical (unpaired) electrons. The molecule has 0 aromatic heterocycles. The van der Waals surface area contributed by atoms with Crippen molar-refractivity contribution in [2.24, 2.45) is 0 Å². The largest absolute Gasteiger partial charge is 0.379 e. The first-order valence-electron chi connectivity index (χ1n) is 11.1. The highest BCUT2D eigenvalue weighted by atomic mass is 16.6. The minimum atomic E-state index is -0.539. The number of hydrogen-bond acceptors (Lipinski definition) is 6. The lowest BCUT2D eigenvalue weighted by Crippen LogP contribution is -2.45. The van der Waals surface area contributed by atoms with Gasteiger partial charge in [-0.15, -0.1) is 0 Å². The molecule has 0 atom stereocenters. The van der Waals surface area contributed by atoms with E-state index in [0.717, 1.165) is 5.56 Å². The number of non-ortho nitro benzene ring substituents is 1. The van der Waals surface area contributed by atoms with Crippen LogP contribution < -0.4 is 4.90 Å². The average molecular weight is 460 g/mol. The highest BCUT2D eigenvalue weighted by molar-refractivity contribution is 6.14. The number of ether oxygens (including phenoxy) is 1. The van der Waals surface area contributed by atoms with Gasteiger partial charge in [-0.1, -0.05) is 60.7 Å². The maximum absolute atomic E-state index is 13.5. The van der Waals surface area contributed by atoms with Crippen LogP contribution in [-0.4, -0.2) is 54.4 Å². The van der Waals surface area contributed by atoms with Gasteiger partial charge in [0.25, 0.3) is 5.69 Å². The summed E-state index contributed by atoms with van der Waals surface area (Å²) in [7, 11) is 0. The number of nitro groups is 1. The molecule has 3 aromatic rings. The molecule has 3 aromatic carbocycles. The number of ketones is 1. The molecule has 4 rings (SSSR count). The van der Waals surface area contributed by atoms with Crippen molar-refractivity contribution in [3.63, 3.8) is 0 Å². The van der Waals surface area contributed by atoms with Crippen LogP contribution >= 0.6 is 0 Å². The van der Waals surface area contributed by atoms with Gasteiger partial charge in [-0.05, 0) is 11.6 Å². The Bertz CT molecular complexity index is 1160. The third kappa shape index (κ3) is 5.54. The summed E-state index contributed by atoms with van der Waals surface area (Å²) in [5, 5.41) is 11.5. The first-order chi connectivity index (χ1) is 16.5. The molecule has 1 amide bonds. The smallest absolute Gasteiger partial charge is 0.270 e. The first kappa shape index (κ1) is 23.3. The van der Waals surface area contributed by atoms with Gasteiger partial charge in [-0.2, -0.15) is 0 Å². The molecule has 0 spiro atoms. The van der Waals surface area contributed by atoms with Crippen LogP contribution in [0.25, 0.3) is 0 Å². The first-order valence-corrected chi connectivity index (χ1v) is 11.1. The quantitative estimate of drug-likeness (QED) is 0.290. The number of morpholine rings is 1. The van der Waals surface area contributed by atoms with E-state index in [2.05, 4.69) is 0 Å². The molecular weight excluding hydrogens is 434 g/mol. The molecule has 1 fully saturated rings. The summed E-state index contributed by atoms with van der Waals surface area (Å²) in [6, 6.07) is 22.1. The Hall–Kier alpha value is -3.88. The molecule has 34 heavy (non-hydrogen) atoms. The lowest BCUT2D eigenvalue weighted by atomic mass is 9.99. The van der Waals surface area contributed by atoms with Crippen LogP contribution in [0, 0.1) is 10.1 Å². The predicted octanol–water partition coefficient (Wildman–Crippen LogP) is 3.69. The van der Waals surface area contributed by atoms with Gasteiger partial charge in [0.2, 0.25) is 5.91 Å². The molecule has 1 aliphatic rings. The van der Waals surface area contributed by atoms with E-state index in [9.17, 15) is 19.7 Å². The van der Waals surface area contributed by atoms with Crippen LogP contribution in [0.3, 0.4) is 0 Å². The maximum atomic E-state index is 13.5. The van der Waals surface area contributed by atoms with Gasteiger partial charge >= 0.3 is 0 Å². The second-order valence-electron chi connectivity index (χ2n) is 8.01. The number of anilines is 1. The number of benzene rings is 3. The highest BCUT2D eigenvalue weighted by Gasteiger charge is 2.27. The fourth-order valence-corrected chi connectivity index (χ4v) is 3.91. The summed E-state index contributed by atoms with van der Waals surface area (Å²) in [4.78, 5) is 41.5. The molecule has 1 saturated heterocycles. The molecule has 8 heteroatoms. The minimum Gasteiger partial charge on any atom is -0.379 e. The molecule has 0 saturated carbocycles. The average Bonchev–Trinajstić information content (AvgIpc) is 2.88. The Morgan fingerprint density at radius 2 is 1.59 bits per heavy atom. The molecule has 0 aliphatic carbocycles. The van der Waals surface area contributed by atoms with Crippen molar-refractivity contribution in [3.05, 3.63) is 106 Å². The van der Waals surface area contributed by atoms with Crippen LogP contribution in [0.4, 0.5) is 11.4 Å². The van der Waals surface area contributed by atoms with Gasteiger partial charge in [-0.3, -0.25) is 24.6 Å². The lowest BCUT2D eigenvalue weighted by molar-refractivity contribution is -0.384. The van der Waals surface area contributed by atoms with Crippen LogP contribution in [0.1, 0.15) is 21.5 Å². The Balaban J connectivity index is 1.76. The van der Waals surface area contributed by atoms with E-state index in [1.165, 1.54) is 18.2 Å². The van der Waals surface area contributed by atoms with Gasteiger partial charge in [0.15, 0.2) is 5.78 Å². The molecule has 1 heterocycles. The van der Waals surface area contributed by atoms with Gasteiger partial charge < -0.3 is 9.64 Å². The van der Waals surface area contributed by atoms with Gasteiger partial charge in [0.05, 0.1) is 42.5 Å². The minimum absolute atomic E-state index is 0.117. The highest BCUT2D eigenvalue weighted by Crippen LogP contribution is 2.29. The van der Waals surface area contributed by atoms with E-state index in [4.69, 9.17) is 4.74 Å². The van der Waals surface area contributed by atoms with Crippen LogP contribution in [0.15, 0.2) is 78.9 Å². The summed E-state index contributed by atoms with van der Waals surface area (Å²) in [6.45, 7) is 2.79. The molecular formula is C26H25N3O5. The summed E-state index contributed by atoms with van der Waals surface area (Å²) < 4.78 is 5.38. The third-order valence-electron chi connectivity index (χ3n) is 5.71. The van der Waals surface area contributed by atoms with Crippen molar-refractivity contribution in [2.45, 2.75) is 6.54 Å². The number of nitrogens with zero attached hydrogens (tertiary/aromatic N) is 3. The van der Waals surface area contributed by atoms with E-state index < -0.39 is 4.92 Å². The zero-order valence-electron chi connectivity index (χ0n) is 18.6. The van der Waals surface area contributed by atoms with Crippen LogP contribution in [0.5, 0.6) is 0 Å². The Kier molecular flexibility index (Phi) is 7.41. The summed E-state index contributed by atoms with van der Waals surface area (Å²) >= 11 is 0. The number of rotatable bonds is 8. The Morgan fingerprint density at radius 3 is 2.24 bits per heavy atom. The fourth-order valence-electron chi connectivity index (χ4n) is 3.91. The van der Waals surface area contributed by atoms with Crippen molar-refractivity contribution < 1.29 is 19.2 Å². The zero-order valence-corrected chi connectivity index (χ0v) is 18.6. The SMILES string of the molecule is O=C(c1ccccc1)c1cc([N+](=O)[O-])ccc1N(Cc1ccccc1)C(=O)CN1CCOCC1. The fraction of sp³-hybridized carbons (Fsp3) is 0.231. The van der Waals surface area contributed by atoms with Gasteiger partial charge in [0.1, 0.15) is 0 Å². The van der Waals surface area contributed by atoms with E-state index in [1.807, 2.05) is 35.2 Å². The number of nitro benzene ring substituents is 1. The Morgan fingerprint density at radius 1 is 0.941 bits per heavy atom. The molecule has 174 valence electrons. The van der Waals surface area contributed by atoms with Gasteiger partial charge in [0, 0.05) is 30.8 Å². The van der Waals surface area contributed by atoms with Crippen molar-refractivity contribution >= 4 is 23.1 Å². The van der Waals surface area contributed by atoms with Crippen molar-refractivity contribution in [1.82, 2.24) is 4.90 Å². The van der Waals surface area contributed by atoms with Crippen LogP contribution in [0.2, 0.25) is 0 Å². The molecule has 1 aliphatic heterocycles. The lowest BCUT2D eigenvalue weighted by Gasteiger charge is -2.30. The number of amides is 1. The van der Waals surface area contributed by atoms with Crippen molar-refractivity contribution in [2.75, 3.05) is 37.7 Å². The van der Waals surface area contributed by atoms with E-state index >= 15 is 0 Å². The van der Waals surface area contributed by atoms with Gasteiger partial charge in [-0.25, -0.2) is 0 Å². The molecule has 8 nitrogen and oxygen atoms in total. The summed E-state index contributed by atoms with van der Waals surface area (Å²) in [6.07, 6.45) is 0. The third-order valence-corrected chi connectivity index (χ3v) is 5.71. The maximum Gasteiger partial charge on any atom is 0.270 e. The van der Waals surface area contributed by atoms with Crippen molar-refractivity contribution in [3.8, 4) is 0 Å². The molecule has 0 unspecified atom stereocenters. The van der Waals surface area contributed by atoms with E-state index in [-0.39, 0.29) is 36.0 Å². The van der Waals surface area contributed by atoms with E-state index in [0.29, 0.717) is 37.6 Å². The zero-order chi connectivity index (χ0) is 23.9. The molecule has 0 bridgehead atoms. The second kappa shape index (κ2) is 10.8. The summed E-state index contributed by atoms with van der Waals surface area (Å²) in [5.74, 6) is -0.571. The topological polar surface area (TPSA) is 93.0 Å². The summed E-state index contributed by atoms with van der Waals surface area (Å²) in [5.41, 5.74) is 1.54. The second-order valence-corrected chi connectivity index (χ2v) is 8.01. The monoisotopic (exact) mass is 459 g/mol. The van der Waals surface area contributed by atoms with Crippen LogP contribution in [-0.2, 0) is 16.1 Å². The predicted molar refractivity (Wildman–Crippen MR) is 128 cm³/mol. The number of carbonyl (C=O) groups excluding carboxylic acids is 2. The van der Waals surface area contributed by atoms with Crippen molar-refractivity contribution in [1.29, 1.82) is 0 Å². The Labute approximate surface area is 197 Å². The standard InChI is InChI=1S/C26H25N3O5/c30-25(19-27-13-15-34-16-14-27)28(18-20-7-3-1-4-8-20)24-12-11-22(29(32)33)17-23(24)26(31)21-9-5-2-6-10-21/h1-12,17H,13-16,18-19H2.